The lowest BCUT2D eigenvalue weighted by molar-refractivity contribution is -0.138. The lowest BCUT2D eigenvalue weighted by Crippen LogP contribution is -2.14. The van der Waals surface area contributed by atoms with Crippen LogP contribution in [0.2, 0.25) is 5.02 Å². The second-order valence-electron chi connectivity index (χ2n) is 5.85. The molecule has 0 aliphatic heterocycles. The fourth-order valence-corrected chi connectivity index (χ4v) is 2.92. The molecule has 0 saturated heterocycles. The average Bonchev–Trinajstić information content (AvgIpc) is 3.03. The molecular weight excluding hydrogens is 384 g/mol. The molecule has 0 amide bonds. The number of ketones is 1. The van der Waals surface area contributed by atoms with Crippen molar-refractivity contribution in [1.82, 2.24) is 9.78 Å². The molecule has 0 fully saturated rings. The summed E-state index contributed by atoms with van der Waals surface area (Å²) in [6.45, 7) is -0.401. The third kappa shape index (κ3) is 4.36. The van der Waals surface area contributed by atoms with E-state index in [1.54, 1.807) is 24.3 Å². The number of hydrogen-bond acceptors (Lipinski definition) is 2. The van der Waals surface area contributed by atoms with Crippen LogP contribution in [0, 0.1) is 5.82 Å². The number of benzene rings is 2. The van der Waals surface area contributed by atoms with Crippen molar-refractivity contribution in [2.24, 2.45) is 0 Å². The Kier molecular flexibility index (Phi) is 5.32. The average molecular weight is 397 g/mol. The van der Waals surface area contributed by atoms with Gasteiger partial charge in [0.1, 0.15) is 5.82 Å². The van der Waals surface area contributed by atoms with Crippen LogP contribution in [0.15, 0.2) is 54.7 Å². The maximum atomic E-state index is 13.9. The topological polar surface area (TPSA) is 34.9 Å². The Labute approximate surface area is 157 Å². The van der Waals surface area contributed by atoms with Crippen molar-refractivity contribution in [2.45, 2.75) is 19.1 Å². The van der Waals surface area contributed by atoms with Gasteiger partial charge in [-0.05, 0) is 30.3 Å². The van der Waals surface area contributed by atoms with Gasteiger partial charge in [-0.3, -0.25) is 9.48 Å². The minimum atomic E-state index is -4.67. The standard InChI is InChI=1S/C19H13ClF4N2O/c20-16-6-2-1-4-13(16)18(27)10-12-8-9-26(25-12)11-14-15(19(22,23)24)5-3-7-17(14)21/h1-9H,10-11H2. The molecule has 0 aliphatic carbocycles. The van der Waals surface area contributed by atoms with Crippen LogP contribution in [-0.2, 0) is 19.1 Å². The maximum Gasteiger partial charge on any atom is 0.416 e. The third-order valence-corrected chi connectivity index (χ3v) is 4.29. The van der Waals surface area contributed by atoms with Gasteiger partial charge in [0.25, 0.3) is 0 Å². The molecule has 0 spiro atoms. The Morgan fingerprint density at radius 3 is 2.52 bits per heavy atom. The summed E-state index contributed by atoms with van der Waals surface area (Å²) in [4.78, 5) is 12.3. The number of halogens is 5. The highest BCUT2D eigenvalue weighted by Gasteiger charge is 2.34. The third-order valence-electron chi connectivity index (χ3n) is 3.96. The summed E-state index contributed by atoms with van der Waals surface area (Å²) in [5.74, 6) is -1.23. The highest BCUT2D eigenvalue weighted by atomic mass is 35.5. The van der Waals surface area contributed by atoms with E-state index in [0.29, 0.717) is 16.3 Å². The predicted molar refractivity (Wildman–Crippen MR) is 92.2 cm³/mol. The molecule has 27 heavy (non-hydrogen) atoms. The van der Waals surface area contributed by atoms with Gasteiger partial charge in [-0.15, -0.1) is 0 Å². The van der Waals surface area contributed by atoms with Crippen LogP contribution in [0.4, 0.5) is 17.6 Å². The molecular formula is C19H13ClF4N2O. The van der Waals surface area contributed by atoms with Crippen molar-refractivity contribution in [1.29, 1.82) is 0 Å². The molecule has 0 atom stereocenters. The first-order valence-corrected chi connectivity index (χ1v) is 8.28. The fourth-order valence-electron chi connectivity index (χ4n) is 2.68. The van der Waals surface area contributed by atoms with E-state index in [2.05, 4.69) is 5.10 Å². The SMILES string of the molecule is O=C(Cc1ccn(Cc2c(F)cccc2C(F)(F)F)n1)c1ccccc1Cl. The highest BCUT2D eigenvalue weighted by molar-refractivity contribution is 6.34. The summed E-state index contributed by atoms with van der Waals surface area (Å²) >= 11 is 5.98. The number of hydrogen-bond donors (Lipinski definition) is 0. The largest absolute Gasteiger partial charge is 0.416 e. The molecule has 140 valence electrons. The number of rotatable bonds is 5. The normalized spacial score (nSPS) is 11.6. The van der Waals surface area contributed by atoms with Gasteiger partial charge in [0.2, 0.25) is 0 Å². The quantitative estimate of drug-likeness (QED) is 0.440. The molecule has 0 radical (unpaired) electrons. The number of aromatic nitrogens is 2. The molecule has 3 nitrogen and oxygen atoms in total. The van der Waals surface area contributed by atoms with Crippen LogP contribution in [0.1, 0.15) is 27.2 Å². The first kappa shape index (κ1) is 19.1. The maximum absolute atomic E-state index is 13.9. The number of carbonyl (C=O) groups excluding carboxylic acids is 1. The van der Waals surface area contributed by atoms with E-state index in [9.17, 15) is 22.4 Å². The van der Waals surface area contributed by atoms with E-state index in [1.807, 2.05) is 0 Å². The molecule has 1 heterocycles. The first-order chi connectivity index (χ1) is 12.8. The summed E-state index contributed by atoms with van der Waals surface area (Å²) in [7, 11) is 0. The van der Waals surface area contributed by atoms with Gasteiger partial charge in [-0.1, -0.05) is 29.8 Å². The van der Waals surface area contributed by atoms with E-state index in [1.165, 1.54) is 16.9 Å². The number of nitrogens with zero attached hydrogens (tertiary/aromatic N) is 2. The van der Waals surface area contributed by atoms with Crippen LogP contribution in [0.25, 0.3) is 0 Å². The van der Waals surface area contributed by atoms with Crippen LogP contribution in [0.5, 0.6) is 0 Å². The van der Waals surface area contributed by atoms with Crippen molar-refractivity contribution in [3.05, 3.63) is 88.0 Å². The van der Waals surface area contributed by atoms with E-state index in [0.717, 1.165) is 18.2 Å². The van der Waals surface area contributed by atoms with E-state index >= 15 is 0 Å². The van der Waals surface area contributed by atoms with Crippen molar-refractivity contribution < 1.29 is 22.4 Å². The molecule has 0 N–H and O–H groups in total. The fraction of sp³-hybridized carbons (Fsp3) is 0.158. The second kappa shape index (κ2) is 7.52. The van der Waals surface area contributed by atoms with Crippen molar-refractivity contribution in [2.75, 3.05) is 0 Å². The molecule has 0 saturated carbocycles. The van der Waals surface area contributed by atoms with Gasteiger partial charge in [-0.25, -0.2) is 4.39 Å². The molecule has 3 rings (SSSR count). The zero-order valence-corrected chi connectivity index (χ0v) is 14.6. The summed E-state index contributed by atoms with van der Waals surface area (Å²) in [6, 6.07) is 10.8. The van der Waals surface area contributed by atoms with Gasteiger partial charge in [0.05, 0.1) is 29.2 Å². The molecule has 2 aromatic carbocycles. The van der Waals surface area contributed by atoms with Gasteiger partial charge in [0, 0.05) is 17.3 Å². The molecule has 0 bridgehead atoms. The summed E-state index contributed by atoms with van der Waals surface area (Å²) in [5.41, 5.74) is -0.865. The predicted octanol–water partition coefficient (Wildman–Crippen LogP) is 5.17. The highest BCUT2D eigenvalue weighted by Crippen LogP contribution is 2.33. The van der Waals surface area contributed by atoms with E-state index in [4.69, 9.17) is 11.6 Å². The van der Waals surface area contributed by atoms with Crippen molar-refractivity contribution in [3.63, 3.8) is 0 Å². The van der Waals surface area contributed by atoms with Crippen LogP contribution in [0.3, 0.4) is 0 Å². The summed E-state index contributed by atoms with van der Waals surface area (Å²) in [6.07, 6.45) is -3.34. The van der Waals surface area contributed by atoms with Crippen molar-refractivity contribution >= 4 is 17.4 Å². The Bertz CT molecular complexity index is 982. The van der Waals surface area contributed by atoms with E-state index < -0.39 is 29.7 Å². The minimum Gasteiger partial charge on any atom is -0.294 e. The molecule has 0 aliphatic rings. The first-order valence-electron chi connectivity index (χ1n) is 7.90. The van der Waals surface area contributed by atoms with Crippen LogP contribution >= 0.6 is 11.6 Å². The Morgan fingerprint density at radius 1 is 1.07 bits per heavy atom. The number of alkyl halides is 3. The zero-order valence-electron chi connectivity index (χ0n) is 13.8. The Hall–Kier alpha value is -2.67. The van der Waals surface area contributed by atoms with E-state index in [-0.39, 0.29) is 12.2 Å². The zero-order chi connectivity index (χ0) is 19.6. The van der Waals surface area contributed by atoms with Crippen LogP contribution in [-0.4, -0.2) is 15.6 Å². The Morgan fingerprint density at radius 2 is 1.81 bits per heavy atom. The second-order valence-corrected chi connectivity index (χ2v) is 6.26. The summed E-state index contributed by atoms with van der Waals surface area (Å²) in [5, 5.41) is 4.39. The molecule has 0 unspecified atom stereocenters. The minimum absolute atomic E-state index is 0.0693. The monoisotopic (exact) mass is 396 g/mol. The lowest BCUT2D eigenvalue weighted by Gasteiger charge is -2.13. The smallest absolute Gasteiger partial charge is 0.294 e. The van der Waals surface area contributed by atoms with Crippen LogP contribution < -0.4 is 0 Å². The van der Waals surface area contributed by atoms with Crippen molar-refractivity contribution in [3.8, 4) is 0 Å². The van der Waals surface area contributed by atoms with Gasteiger partial charge in [0.15, 0.2) is 5.78 Å². The summed E-state index contributed by atoms with van der Waals surface area (Å²) < 4.78 is 54.3. The van der Waals surface area contributed by atoms with Gasteiger partial charge < -0.3 is 0 Å². The molecule has 8 heteroatoms. The lowest BCUT2D eigenvalue weighted by atomic mass is 10.1. The van der Waals surface area contributed by atoms with Gasteiger partial charge >= 0.3 is 6.18 Å². The molecule has 3 aromatic rings. The van der Waals surface area contributed by atoms with Gasteiger partial charge in [-0.2, -0.15) is 18.3 Å². The number of Topliss-reactive ketones (excluding diaryl/α,β-unsaturated/α-hetero) is 1. The number of carbonyl (C=O) groups is 1. The Balaban J connectivity index is 1.80. The molecule has 1 aromatic heterocycles.